The van der Waals surface area contributed by atoms with Crippen molar-refractivity contribution in [3.05, 3.63) is 56.3 Å². The number of ether oxygens (including phenoxy) is 1. The van der Waals surface area contributed by atoms with Crippen molar-refractivity contribution >= 4 is 34.9 Å². The molecule has 0 unspecified atom stereocenters. The number of aryl methyl sites for hydroxylation is 2. The molecule has 6 nitrogen and oxygen atoms in total. The fourth-order valence-electron chi connectivity index (χ4n) is 3.14. The van der Waals surface area contributed by atoms with E-state index in [1.807, 2.05) is 20.8 Å². The van der Waals surface area contributed by atoms with Crippen LogP contribution in [0.5, 0.6) is 0 Å². The van der Waals surface area contributed by atoms with Crippen molar-refractivity contribution in [2.24, 2.45) is 0 Å². The minimum atomic E-state index is -0.701. The quantitative estimate of drug-likeness (QED) is 0.402. The summed E-state index contributed by atoms with van der Waals surface area (Å²) in [6.45, 7) is 5.72. The smallest absolute Gasteiger partial charge is 0.338 e. The van der Waals surface area contributed by atoms with Crippen LogP contribution in [-0.4, -0.2) is 41.6 Å². The average molecular weight is 399 g/mol. The molecular formula is C21H21NO5S. The summed E-state index contributed by atoms with van der Waals surface area (Å²) in [6, 6.07) is 6.06. The second-order valence-electron chi connectivity index (χ2n) is 6.70. The highest BCUT2D eigenvalue weighted by atomic mass is 32.1. The second kappa shape index (κ2) is 8.06. The number of ketones is 1. The van der Waals surface area contributed by atoms with Crippen LogP contribution in [0, 0.1) is 13.8 Å². The third-order valence-electron chi connectivity index (χ3n) is 4.62. The molecule has 28 heavy (non-hydrogen) atoms. The molecule has 2 heterocycles. The number of fused-ring (bicyclic) bond motifs is 1. The van der Waals surface area contributed by atoms with Crippen molar-refractivity contribution < 1.29 is 23.9 Å². The highest BCUT2D eigenvalue weighted by Gasteiger charge is 2.35. The number of carbonyl (C=O) groups excluding carboxylic acids is 4. The van der Waals surface area contributed by atoms with Gasteiger partial charge in [0.05, 0.1) is 16.7 Å². The number of amides is 2. The van der Waals surface area contributed by atoms with Gasteiger partial charge < -0.3 is 4.74 Å². The summed E-state index contributed by atoms with van der Waals surface area (Å²) in [4.78, 5) is 52.5. The number of hydrogen-bond acceptors (Lipinski definition) is 6. The molecular weight excluding hydrogens is 378 g/mol. The van der Waals surface area contributed by atoms with Crippen LogP contribution >= 0.6 is 11.3 Å². The van der Waals surface area contributed by atoms with Crippen molar-refractivity contribution in [1.29, 1.82) is 0 Å². The number of nitrogens with zero attached hydrogens (tertiary/aromatic N) is 1. The molecule has 7 heteroatoms. The lowest BCUT2D eigenvalue weighted by Gasteiger charge is -2.12. The molecule has 0 saturated heterocycles. The van der Waals surface area contributed by atoms with Crippen LogP contribution in [0.15, 0.2) is 24.3 Å². The van der Waals surface area contributed by atoms with E-state index in [-0.39, 0.29) is 35.0 Å². The average Bonchev–Trinajstić information content (AvgIpc) is 3.14. The van der Waals surface area contributed by atoms with Crippen LogP contribution in [0.2, 0.25) is 0 Å². The Kier molecular flexibility index (Phi) is 5.74. The standard InChI is InChI=1S/C21H21NO5S/c1-4-5-8-22-19(24)15-7-6-14(10-17(15)20(22)25)21(26)27-11-18(23)16-9-12(2)28-13(16)3/h6-7,9-10H,4-5,8,11H2,1-3H3. The van der Waals surface area contributed by atoms with Gasteiger partial charge in [-0.2, -0.15) is 0 Å². The predicted molar refractivity (Wildman–Crippen MR) is 105 cm³/mol. The van der Waals surface area contributed by atoms with E-state index >= 15 is 0 Å². The molecule has 146 valence electrons. The Labute approximate surface area is 167 Å². The Hall–Kier alpha value is -2.80. The monoisotopic (exact) mass is 399 g/mol. The number of rotatable bonds is 7. The number of imide groups is 1. The largest absolute Gasteiger partial charge is 0.454 e. The maximum atomic E-state index is 12.5. The molecule has 0 fully saturated rings. The summed E-state index contributed by atoms with van der Waals surface area (Å²) in [6.07, 6.45) is 1.59. The number of thiophene rings is 1. The van der Waals surface area contributed by atoms with Gasteiger partial charge in [-0.1, -0.05) is 13.3 Å². The zero-order valence-electron chi connectivity index (χ0n) is 16.0. The summed E-state index contributed by atoms with van der Waals surface area (Å²) in [5, 5.41) is 0. The zero-order valence-corrected chi connectivity index (χ0v) is 16.9. The van der Waals surface area contributed by atoms with Crippen molar-refractivity contribution in [2.75, 3.05) is 13.2 Å². The normalized spacial score (nSPS) is 13.0. The molecule has 1 aromatic heterocycles. The number of carbonyl (C=O) groups is 4. The Morgan fingerprint density at radius 1 is 1.07 bits per heavy atom. The first-order valence-corrected chi connectivity index (χ1v) is 9.92. The highest BCUT2D eigenvalue weighted by Crippen LogP contribution is 2.25. The van der Waals surface area contributed by atoms with E-state index in [9.17, 15) is 19.2 Å². The predicted octanol–water partition coefficient (Wildman–Crippen LogP) is 3.80. The van der Waals surface area contributed by atoms with Crippen LogP contribution in [0.3, 0.4) is 0 Å². The summed E-state index contributed by atoms with van der Waals surface area (Å²) >= 11 is 1.51. The van der Waals surface area contributed by atoms with Crippen LogP contribution < -0.4 is 0 Å². The lowest BCUT2D eigenvalue weighted by molar-refractivity contribution is 0.0474. The lowest BCUT2D eigenvalue weighted by atomic mass is 10.1. The van der Waals surface area contributed by atoms with Crippen LogP contribution in [0.1, 0.15) is 71.0 Å². The van der Waals surface area contributed by atoms with Crippen LogP contribution in [-0.2, 0) is 4.74 Å². The molecule has 1 aliphatic rings. The molecule has 2 aromatic rings. The van der Waals surface area contributed by atoms with E-state index < -0.39 is 11.9 Å². The lowest BCUT2D eigenvalue weighted by Crippen LogP contribution is -2.30. The fourth-order valence-corrected chi connectivity index (χ4v) is 4.08. The fraction of sp³-hybridized carbons (Fsp3) is 0.333. The van der Waals surface area contributed by atoms with Gasteiger partial charge in [0.25, 0.3) is 11.8 Å². The van der Waals surface area contributed by atoms with Gasteiger partial charge in [-0.15, -0.1) is 11.3 Å². The Balaban J connectivity index is 1.70. The first kappa shape index (κ1) is 19.9. The molecule has 2 amide bonds. The SMILES string of the molecule is CCCCN1C(=O)c2ccc(C(=O)OCC(=O)c3cc(C)sc3C)cc2C1=O. The van der Waals surface area contributed by atoms with E-state index in [1.165, 1.54) is 34.4 Å². The molecule has 0 N–H and O–H groups in total. The maximum absolute atomic E-state index is 12.5. The first-order chi connectivity index (χ1) is 13.3. The van der Waals surface area contributed by atoms with E-state index in [4.69, 9.17) is 4.74 Å². The van der Waals surface area contributed by atoms with E-state index in [2.05, 4.69) is 0 Å². The maximum Gasteiger partial charge on any atom is 0.338 e. The molecule has 1 aromatic carbocycles. The van der Waals surface area contributed by atoms with E-state index in [0.717, 1.165) is 22.6 Å². The van der Waals surface area contributed by atoms with Crippen molar-refractivity contribution in [3.8, 4) is 0 Å². The van der Waals surface area contributed by atoms with E-state index in [0.29, 0.717) is 12.1 Å². The molecule has 0 atom stereocenters. The van der Waals surface area contributed by atoms with Gasteiger partial charge in [0.15, 0.2) is 6.61 Å². The molecule has 0 bridgehead atoms. The first-order valence-electron chi connectivity index (χ1n) is 9.11. The number of unbranched alkanes of at least 4 members (excludes halogenated alkanes) is 1. The summed E-state index contributed by atoms with van der Waals surface area (Å²) in [7, 11) is 0. The van der Waals surface area contributed by atoms with Crippen molar-refractivity contribution in [2.45, 2.75) is 33.6 Å². The molecule has 0 saturated carbocycles. The Morgan fingerprint density at radius 2 is 1.79 bits per heavy atom. The van der Waals surface area contributed by atoms with Gasteiger partial charge in [0.1, 0.15) is 0 Å². The summed E-state index contributed by atoms with van der Waals surface area (Å²) in [5.41, 5.74) is 1.18. The van der Waals surface area contributed by atoms with Gasteiger partial charge >= 0.3 is 5.97 Å². The van der Waals surface area contributed by atoms with Gasteiger partial charge in [-0.25, -0.2) is 4.79 Å². The number of benzene rings is 1. The Bertz CT molecular complexity index is 975. The summed E-state index contributed by atoms with van der Waals surface area (Å²) in [5.74, 6) is -1.71. The topological polar surface area (TPSA) is 80.8 Å². The van der Waals surface area contributed by atoms with Gasteiger partial charge in [-0.3, -0.25) is 19.3 Å². The number of esters is 1. The third-order valence-corrected chi connectivity index (χ3v) is 5.58. The summed E-state index contributed by atoms with van der Waals surface area (Å²) < 4.78 is 5.13. The molecule has 1 aliphatic heterocycles. The van der Waals surface area contributed by atoms with Crippen LogP contribution in [0.4, 0.5) is 0 Å². The number of hydrogen-bond donors (Lipinski definition) is 0. The van der Waals surface area contributed by atoms with Crippen LogP contribution in [0.25, 0.3) is 0 Å². The van der Waals surface area contributed by atoms with Gasteiger partial charge in [0, 0.05) is 21.9 Å². The molecule has 0 radical (unpaired) electrons. The van der Waals surface area contributed by atoms with Crippen molar-refractivity contribution in [1.82, 2.24) is 4.90 Å². The van der Waals surface area contributed by atoms with E-state index in [1.54, 1.807) is 6.07 Å². The molecule has 0 spiro atoms. The minimum absolute atomic E-state index is 0.142. The highest BCUT2D eigenvalue weighted by molar-refractivity contribution is 7.12. The second-order valence-corrected chi connectivity index (χ2v) is 8.16. The van der Waals surface area contributed by atoms with Crippen molar-refractivity contribution in [3.63, 3.8) is 0 Å². The Morgan fingerprint density at radius 3 is 2.43 bits per heavy atom. The third kappa shape index (κ3) is 3.75. The zero-order chi connectivity index (χ0) is 20.4. The molecule has 3 rings (SSSR count). The van der Waals surface area contributed by atoms with Gasteiger partial charge in [-0.05, 0) is 44.5 Å². The number of Topliss-reactive ketones (excluding diaryl/α,β-unsaturated/α-hetero) is 1. The van der Waals surface area contributed by atoms with Gasteiger partial charge in [0.2, 0.25) is 5.78 Å². The minimum Gasteiger partial charge on any atom is -0.454 e. The molecule has 0 aliphatic carbocycles.